The number of thioether (sulfide) groups is 1. The number of aromatic nitrogens is 1. The Kier molecular flexibility index (Phi) is 6.87. The van der Waals surface area contributed by atoms with E-state index in [0.717, 1.165) is 31.1 Å². The van der Waals surface area contributed by atoms with Crippen LogP contribution in [0.15, 0.2) is 18.3 Å². The lowest BCUT2D eigenvalue weighted by Gasteiger charge is -2.08. The summed E-state index contributed by atoms with van der Waals surface area (Å²) >= 11 is 1.80. The minimum Gasteiger partial charge on any atom is -0.350 e. The molecule has 1 aromatic heterocycles. The van der Waals surface area contributed by atoms with Gasteiger partial charge in [-0.2, -0.15) is 0 Å². The van der Waals surface area contributed by atoms with Gasteiger partial charge in [-0.3, -0.25) is 0 Å². The van der Waals surface area contributed by atoms with Crippen LogP contribution in [0.1, 0.15) is 19.0 Å². The highest BCUT2D eigenvalue weighted by Gasteiger charge is 1.98. The SMILES string of the molecule is C#CCSCCNCc1cccn1CCC. The van der Waals surface area contributed by atoms with Gasteiger partial charge in [-0.25, -0.2) is 0 Å². The van der Waals surface area contributed by atoms with Crippen molar-refractivity contribution in [1.82, 2.24) is 9.88 Å². The van der Waals surface area contributed by atoms with E-state index in [2.05, 4.69) is 41.1 Å². The van der Waals surface area contributed by atoms with Crippen LogP contribution in [0.2, 0.25) is 0 Å². The molecule has 2 nitrogen and oxygen atoms in total. The van der Waals surface area contributed by atoms with Crippen molar-refractivity contribution in [2.75, 3.05) is 18.1 Å². The van der Waals surface area contributed by atoms with Gasteiger partial charge < -0.3 is 9.88 Å². The van der Waals surface area contributed by atoms with E-state index in [-0.39, 0.29) is 0 Å². The summed E-state index contributed by atoms with van der Waals surface area (Å²) in [5.74, 6) is 4.52. The number of rotatable bonds is 8. The van der Waals surface area contributed by atoms with E-state index in [4.69, 9.17) is 6.42 Å². The van der Waals surface area contributed by atoms with Crippen molar-refractivity contribution >= 4 is 11.8 Å². The number of aryl methyl sites for hydroxylation is 1. The van der Waals surface area contributed by atoms with Crippen molar-refractivity contribution < 1.29 is 0 Å². The van der Waals surface area contributed by atoms with E-state index in [1.807, 2.05) is 0 Å². The van der Waals surface area contributed by atoms with Gasteiger partial charge >= 0.3 is 0 Å². The lowest BCUT2D eigenvalue weighted by molar-refractivity contribution is 0.614. The molecule has 0 aliphatic rings. The van der Waals surface area contributed by atoms with Crippen LogP contribution in [0.4, 0.5) is 0 Å². The van der Waals surface area contributed by atoms with Crippen LogP contribution >= 0.6 is 11.8 Å². The van der Waals surface area contributed by atoms with Crippen LogP contribution in [0, 0.1) is 12.3 Å². The summed E-state index contributed by atoms with van der Waals surface area (Å²) in [4.78, 5) is 0. The molecule has 16 heavy (non-hydrogen) atoms. The molecule has 3 heteroatoms. The quantitative estimate of drug-likeness (QED) is 0.551. The van der Waals surface area contributed by atoms with E-state index < -0.39 is 0 Å². The fraction of sp³-hybridized carbons (Fsp3) is 0.538. The molecule has 0 aliphatic heterocycles. The van der Waals surface area contributed by atoms with Crippen LogP contribution in [0.25, 0.3) is 0 Å². The summed E-state index contributed by atoms with van der Waals surface area (Å²) in [5, 5.41) is 3.44. The standard InChI is InChI=1S/C13H20N2S/c1-3-8-15-9-5-6-13(15)12-14-7-11-16-10-4-2/h2,5-6,9,14H,3,7-8,10-12H2,1H3. The van der Waals surface area contributed by atoms with Crippen LogP contribution in [-0.4, -0.2) is 22.6 Å². The molecule has 0 spiro atoms. The zero-order valence-corrected chi connectivity index (χ0v) is 10.7. The Hall–Kier alpha value is -0.850. The average Bonchev–Trinajstić information content (AvgIpc) is 2.72. The molecule has 1 rings (SSSR count). The number of hydrogen-bond acceptors (Lipinski definition) is 2. The Morgan fingerprint density at radius 2 is 2.44 bits per heavy atom. The molecule has 0 radical (unpaired) electrons. The van der Waals surface area contributed by atoms with Gasteiger partial charge in [-0.15, -0.1) is 18.2 Å². The molecule has 0 saturated heterocycles. The second-order valence-electron chi connectivity index (χ2n) is 3.63. The van der Waals surface area contributed by atoms with Gasteiger partial charge in [-0.05, 0) is 18.6 Å². The molecule has 0 unspecified atom stereocenters. The number of terminal acetylenes is 1. The van der Waals surface area contributed by atoms with Crippen molar-refractivity contribution in [2.24, 2.45) is 0 Å². The maximum atomic E-state index is 5.18. The minimum atomic E-state index is 0.813. The molecule has 1 N–H and O–H groups in total. The molecule has 0 fully saturated rings. The van der Waals surface area contributed by atoms with Gasteiger partial charge in [0, 0.05) is 37.3 Å². The molecule has 88 valence electrons. The third-order valence-corrected chi connectivity index (χ3v) is 3.17. The maximum Gasteiger partial charge on any atom is 0.0545 e. The van der Waals surface area contributed by atoms with E-state index in [9.17, 15) is 0 Å². The second-order valence-corrected chi connectivity index (χ2v) is 4.73. The summed E-state index contributed by atoms with van der Waals surface area (Å²) in [5.41, 5.74) is 1.36. The smallest absolute Gasteiger partial charge is 0.0545 e. The highest BCUT2D eigenvalue weighted by atomic mass is 32.2. The third kappa shape index (κ3) is 4.78. The first-order valence-corrected chi connectivity index (χ1v) is 6.90. The predicted octanol–water partition coefficient (Wildman–Crippen LogP) is 2.35. The van der Waals surface area contributed by atoms with Crippen molar-refractivity contribution in [3.8, 4) is 12.3 Å². The van der Waals surface area contributed by atoms with Crippen LogP contribution in [0.5, 0.6) is 0 Å². The van der Waals surface area contributed by atoms with Crippen LogP contribution in [-0.2, 0) is 13.1 Å². The molecular formula is C13H20N2S. The van der Waals surface area contributed by atoms with Crippen molar-refractivity contribution in [1.29, 1.82) is 0 Å². The fourth-order valence-electron chi connectivity index (χ4n) is 1.56. The number of nitrogens with one attached hydrogen (secondary N) is 1. The molecule has 0 saturated carbocycles. The Balaban J connectivity index is 2.16. The summed E-state index contributed by atoms with van der Waals surface area (Å²) in [6, 6.07) is 4.29. The highest BCUT2D eigenvalue weighted by Crippen LogP contribution is 2.03. The molecule has 0 bridgehead atoms. The molecule has 0 aliphatic carbocycles. The summed E-state index contributed by atoms with van der Waals surface area (Å²) in [7, 11) is 0. The summed E-state index contributed by atoms with van der Waals surface area (Å²) in [6.07, 6.45) is 8.51. The van der Waals surface area contributed by atoms with E-state index in [1.165, 1.54) is 12.1 Å². The average molecular weight is 236 g/mol. The van der Waals surface area contributed by atoms with E-state index >= 15 is 0 Å². The Morgan fingerprint density at radius 1 is 1.56 bits per heavy atom. The number of hydrogen-bond donors (Lipinski definition) is 1. The Bertz CT molecular complexity index is 325. The first kappa shape index (κ1) is 13.2. The molecule has 1 heterocycles. The Labute approximate surface area is 103 Å². The zero-order valence-electron chi connectivity index (χ0n) is 9.91. The van der Waals surface area contributed by atoms with Crippen molar-refractivity contribution in [3.05, 3.63) is 24.0 Å². The maximum absolute atomic E-state index is 5.18. The van der Waals surface area contributed by atoms with Gasteiger partial charge in [0.15, 0.2) is 0 Å². The zero-order chi connectivity index (χ0) is 11.6. The molecular weight excluding hydrogens is 216 g/mol. The first-order valence-electron chi connectivity index (χ1n) is 5.74. The monoisotopic (exact) mass is 236 g/mol. The van der Waals surface area contributed by atoms with Crippen LogP contribution < -0.4 is 5.32 Å². The highest BCUT2D eigenvalue weighted by molar-refractivity contribution is 7.99. The van der Waals surface area contributed by atoms with Gasteiger partial charge in [0.05, 0.1) is 5.75 Å². The fourth-order valence-corrected chi connectivity index (χ4v) is 2.11. The Morgan fingerprint density at radius 3 is 3.19 bits per heavy atom. The molecule has 0 atom stereocenters. The lowest BCUT2D eigenvalue weighted by Crippen LogP contribution is -2.18. The summed E-state index contributed by atoms with van der Waals surface area (Å²) in [6.45, 7) is 5.27. The predicted molar refractivity (Wildman–Crippen MR) is 72.6 cm³/mol. The normalized spacial score (nSPS) is 10.2. The largest absolute Gasteiger partial charge is 0.350 e. The second kappa shape index (κ2) is 8.32. The molecule has 0 amide bonds. The van der Waals surface area contributed by atoms with Gasteiger partial charge in [0.2, 0.25) is 0 Å². The van der Waals surface area contributed by atoms with E-state index in [0.29, 0.717) is 0 Å². The van der Waals surface area contributed by atoms with Gasteiger partial charge in [0.1, 0.15) is 0 Å². The first-order chi connectivity index (χ1) is 7.88. The van der Waals surface area contributed by atoms with Crippen molar-refractivity contribution in [2.45, 2.75) is 26.4 Å². The third-order valence-electron chi connectivity index (χ3n) is 2.30. The molecule has 0 aromatic carbocycles. The van der Waals surface area contributed by atoms with Crippen LogP contribution in [0.3, 0.4) is 0 Å². The number of nitrogens with zero attached hydrogens (tertiary/aromatic N) is 1. The topological polar surface area (TPSA) is 17.0 Å². The van der Waals surface area contributed by atoms with Gasteiger partial charge in [0.25, 0.3) is 0 Å². The lowest BCUT2D eigenvalue weighted by atomic mass is 10.4. The van der Waals surface area contributed by atoms with Crippen molar-refractivity contribution in [3.63, 3.8) is 0 Å². The minimum absolute atomic E-state index is 0.813. The summed E-state index contributed by atoms with van der Waals surface area (Å²) < 4.78 is 2.31. The van der Waals surface area contributed by atoms with E-state index in [1.54, 1.807) is 11.8 Å². The molecule has 1 aromatic rings. The van der Waals surface area contributed by atoms with Gasteiger partial charge in [-0.1, -0.05) is 12.8 Å².